The number of benzene rings is 1. The van der Waals surface area contributed by atoms with Gasteiger partial charge in [-0.05, 0) is 31.0 Å². The number of Topliss-reactive ketones (excluding diaryl/α,β-unsaturated/α-hetero) is 1. The first-order chi connectivity index (χ1) is 9.40. The van der Waals surface area contributed by atoms with Gasteiger partial charge in [-0.3, -0.25) is 9.59 Å². The van der Waals surface area contributed by atoms with Crippen LogP contribution in [0.1, 0.15) is 37.6 Å². The van der Waals surface area contributed by atoms with E-state index in [2.05, 4.69) is 24.5 Å². The second-order valence-electron chi connectivity index (χ2n) is 5.23. The van der Waals surface area contributed by atoms with Crippen molar-refractivity contribution in [2.24, 2.45) is 5.92 Å². The van der Waals surface area contributed by atoms with E-state index in [0.717, 1.165) is 5.69 Å². The maximum Gasteiger partial charge on any atom is 0.221 e. The number of nitrogens with two attached hydrogens (primary N) is 1. The van der Waals surface area contributed by atoms with Crippen LogP contribution in [0.4, 0.5) is 11.4 Å². The van der Waals surface area contributed by atoms with Crippen LogP contribution in [-0.4, -0.2) is 24.8 Å². The number of hydrogen-bond acceptors (Lipinski definition) is 4. The molecule has 0 bridgehead atoms. The number of amides is 1. The van der Waals surface area contributed by atoms with Crippen LogP contribution in [0.2, 0.25) is 0 Å². The van der Waals surface area contributed by atoms with Crippen LogP contribution in [0, 0.1) is 5.92 Å². The predicted molar refractivity (Wildman–Crippen MR) is 81.8 cm³/mol. The minimum absolute atomic E-state index is 0.0217. The summed E-state index contributed by atoms with van der Waals surface area (Å²) in [6, 6.07) is 5.20. The summed E-state index contributed by atoms with van der Waals surface area (Å²) in [5.41, 5.74) is 7.48. The van der Waals surface area contributed by atoms with Gasteiger partial charge in [0.15, 0.2) is 5.78 Å². The summed E-state index contributed by atoms with van der Waals surface area (Å²) < 4.78 is 0. The van der Waals surface area contributed by atoms with E-state index in [1.807, 2.05) is 0 Å². The lowest BCUT2D eigenvalue weighted by molar-refractivity contribution is -0.120. The number of hydrogen-bond donors (Lipinski definition) is 3. The molecule has 1 aromatic carbocycles. The van der Waals surface area contributed by atoms with Crippen LogP contribution in [0.3, 0.4) is 0 Å². The normalized spacial score (nSPS) is 10.4. The van der Waals surface area contributed by atoms with Gasteiger partial charge in [0.1, 0.15) is 0 Å². The number of nitrogens with one attached hydrogen (secondary N) is 2. The van der Waals surface area contributed by atoms with Crippen molar-refractivity contribution in [1.82, 2.24) is 5.32 Å². The van der Waals surface area contributed by atoms with Gasteiger partial charge >= 0.3 is 0 Å². The molecule has 0 aliphatic heterocycles. The van der Waals surface area contributed by atoms with Crippen molar-refractivity contribution >= 4 is 23.1 Å². The van der Waals surface area contributed by atoms with Crippen LogP contribution < -0.4 is 16.4 Å². The van der Waals surface area contributed by atoms with Gasteiger partial charge in [0.25, 0.3) is 0 Å². The quantitative estimate of drug-likeness (QED) is 0.526. The molecule has 5 heteroatoms. The fourth-order valence-electron chi connectivity index (χ4n) is 1.70. The first-order valence-electron chi connectivity index (χ1n) is 6.81. The van der Waals surface area contributed by atoms with Gasteiger partial charge in [0.2, 0.25) is 5.91 Å². The number of ketones is 1. The van der Waals surface area contributed by atoms with Crippen LogP contribution in [0.25, 0.3) is 0 Å². The fraction of sp³-hybridized carbons (Fsp3) is 0.467. The Morgan fingerprint density at radius 1 is 1.30 bits per heavy atom. The molecule has 0 heterocycles. The Labute approximate surface area is 119 Å². The second kappa shape index (κ2) is 7.53. The molecule has 4 N–H and O–H groups in total. The summed E-state index contributed by atoms with van der Waals surface area (Å²) in [6.45, 7) is 6.79. The average molecular weight is 277 g/mol. The molecule has 0 spiro atoms. The molecule has 0 aliphatic carbocycles. The molecule has 0 aliphatic rings. The lowest BCUT2D eigenvalue weighted by Crippen LogP contribution is -2.28. The molecule has 20 heavy (non-hydrogen) atoms. The highest BCUT2D eigenvalue weighted by Crippen LogP contribution is 2.18. The number of carbonyl (C=O) groups is 2. The maximum absolute atomic E-state index is 11.5. The minimum atomic E-state index is -0.0687. The summed E-state index contributed by atoms with van der Waals surface area (Å²) >= 11 is 0. The number of anilines is 2. The second-order valence-corrected chi connectivity index (χ2v) is 5.23. The lowest BCUT2D eigenvalue weighted by Gasteiger charge is -2.10. The molecule has 0 aromatic heterocycles. The Balaban J connectivity index is 2.44. The SMILES string of the molecule is CC(=O)c1cc(NCCC(=O)NCC(C)C)ccc1N. The van der Waals surface area contributed by atoms with Crippen LogP contribution in [0.5, 0.6) is 0 Å². The van der Waals surface area contributed by atoms with Crippen molar-refractivity contribution < 1.29 is 9.59 Å². The molecular weight excluding hydrogens is 254 g/mol. The lowest BCUT2D eigenvalue weighted by atomic mass is 10.1. The van der Waals surface area contributed by atoms with Crippen LogP contribution in [0.15, 0.2) is 18.2 Å². The number of rotatable bonds is 7. The summed E-state index contributed by atoms with van der Waals surface area (Å²) in [6.07, 6.45) is 0.395. The Morgan fingerprint density at radius 2 is 2.00 bits per heavy atom. The molecule has 0 saturated heterocycles. The molecule has 5 nitrogen and oxygen atoms in total. The summed E-state index contributed by atoms with van der Waals surface area (Å²) in [4.78, 5) is 22.9. The maximum atomic E-state index is 11.5. The zero-order valence-electron chi connectivity index (χ0n) is 12.3. The third-order valence-corrected chi connectivity index (χ3v) is 2.82. The summed E-state index contributed by atoms with van der Waals surface area (Å²) in [5.74, 6) is 0.399. The zero-order chi connectivity index (χ0) is 15.1. The van der Waals surface area contributed by atoms with E-state index < -0.39 is 0 Å². The van der Waals surface area contributed by atoms with Gasteiger partial charge in [0.05, 0.1) is 0 Å². The molecule has 1 rings (SSSR count). The molecule has 110 valence electrons. The summed E-state index contributed by atoms with van der Waals surface area (Å²) in [7, 11) is 0. The van der Waals surface area contributed by atoms with Crippen molar-refractivity contribution in [2.45, 2.75) is 27.2 Å². The van der Waals surface area contributed by atoms with Crippen molar-refractivity contribution in [3.8, 4) is 0 Å². The van der Waals surface area contributed by atoms with Gasteiger partial charge in [-0.15, -0.1) is 0 Å². The van der Waals surface area contributed by atoms with Crippen molar-refractivity contribution in [3.05, 3.63) is 23.8 Å². The highest BCUT2D eigenvalue weighted by atomic mass is 16.1. The van der Waals surface area contributed by atoms with Crippen LogP contribution in [-0.2, 0) is 4.79 Å². The largest absolute Gasteiger partial charge is 0.398 e. The van der Waals surface area contributed by atoms with Crippen LogP contribution >= 0.6 is 0 Å². The minimum Gasteiger partial charge on any atom is -0.398 e. The average Bonchev–Trinajstić information content (AvgIpc) is 2.38. The standard InChI is InChI=1S/C15H23N3O2/c1-10(2)9-18-15(20)6-7-17-12-4-5-14(16)13(8-12)11(3)19/h4-5,8,10,17H,6-7,9,16H2,1-3H3,(H,18,20). The Hall–Kier alpha value is -2.04. The van der Waals surface area contributed by atoms with Gasteiger partial charge < -0.3 is 16.4 Å². The first kappa shape index (κ1) is 16.0. The Bertz CT molecular complexity index is 484. The van der Waals surface area contributed by atoms with Crippen molar-refractivity contribution in [1.29, 1.82) is 0 Å². The van der Waals surface area contributed by atoms with E-state index in [0.29, 0.717) is 36.7 Å². The molecule has 0 unspecified atom stereocenters. The molecular formula is C15H23N3O2. The van der Waals surface area contributed by atoms with Crippen molar-refractivity contribution in [3.63, 3.8) is 0 Å². The topological polar surface area (TPSA) is 84.2 Å². The van der Waals surface area contributed by atoms with E-state index >= 15 is 0 Å². The zero-order valence-corrected chi connectivity index (χ0v) is 12.3. The molecule has 0 radical (unpaired) electrons. The van der Waals surface area contributed by atoms with Gasteiger partial charge in [-0.2, -0.15) is 0 Å². The predicted octanol–water partition coefficient (Wildman–Crippen LogP) is 2.05. The van der Waals surface area contributed by atoms with E-state index in [1.54, 1.807) is 18.2 Å². The summed E-state index contributed by atoms with van der Waals surface area (Å²) in [5, 5.41) is 5.97. The van der Waals surface area contributed by atoms with Gasteiger partial charge in [-0.25, -0.2) is 0 Å². The van der Waals surface area contributed by atoms with E-state index in [9.17, 15) is 9.59 Å². The highest BCUT2D eigenvalue weighted by molar-refractivity contribution is 6.00. The molecule has 1 amide bonds. The molecule has 0 atom stereocenters. The first-order valence-corrected chi connectivity index (χ1v) is 6.81. The fourth-order valence-corrected chi connectivity index (χ4v) is 1.70. The Morgan fingerprint density at radius 3 is 2.60 bits per heavy atom. The number of carbonyl (C=O) groups excluding carboxylic acids is 2. The third kappa shape index (κ3) is 5.30. The third-order valence-electron chi connectivity index (χ3n) is 2.82. The Kier molecular flexibility index (Phi) is 6.03. The number of nitrogen functional groups attached to an aromatic ring is 1. The highest BCUT2D eigenvalue weighted by Gasteiger charge is 2.06. The van der Waals surface area contributed by atoms with E-state index in [4.69, 9.17) is 5.73 Å². The van der Waals surface area contributed by atoms with Crippen molar-refractivity contribution in [2.75, 3.05) is 24.1 Å². The van der Waals surface area contributed by atoms with E-state index in [1.165, 1.54) is 6.92 Å². The monoisotopic (exact) mass is 277 g/mol. The van der Waals surface area contributed by atoms with E-state index in [-0.39, 0.29) is 11.7 Å². The molecule has 0 saturated carbocycles. The van der Waals surface area contributed by atoms with Gasteiger partial charge in [0, 0.05) is 36.4 Å². The smallest absolute Gasteiger partial charge is 0.221 e. The molecule has 1 aromatic rings. The van der Waals surface area contributed by atoms with Gasteiger partial charge in [-0.1, -0.05) is 13.8 Å². The molecule has 0 fully saturated rings.